The fourth-order valence-electron chi connectivity index (χ4n) is 3.73. The quantitative estimate of drug-likeness (QED) is 0.347. The third-order valence-electron chi connectivity index (χ3n) is 5.58. The summed E-state index contributed by atoms with van der Waals surface area (Å²) >= 11 is 5.31. The maximum absolute atomic E-state index is 12.8. The maximum atomic E-state index is 12.8. The van der Waals surface area contributed by atoms with Crippen LogP contribution in [0.4, 0.5) is 5.69 Å². The number of H-pyrrole nitrogens is 1. The minimum absolute atomic E-state index is 0.0382. The lowest BCUT2D eigenvalue weighted by atomic mass is 10.1. The average molecular weight is 488 g/mol. The fourth-order valence-corrected chi connectivity index (χ4v) is 5.49. The van der Waals surface area contributed by atoms with Crippen molar-refractivity contribution in [3.63, 3.8) is 0 Å². The molecule has 1 aromatic heterocycles. The highest BCUT2D eigenvalue weighted by Crippen LogP contribution is 2.29. The van der Waals surface area contributed by atoms with Crippen molar-refractivity contribution < 1.29 is 18.3 Å². The number of phenolic OH excluding ortho intramolecular Hbond substituents is 1. The molecule has 0 aliphatic carbocycles. The van der Waals surface area contributed by atoms with Gasteiger partial charge in [0.15, 0.2) is 10.6 Å². The first-order chi connectivity index (χ1) is 15.8. The number of benzene rings is 2. The molecule has 4 rings (SSSR count). The van der Waals surface area contributed by atoms with E-state index in [2.05, 4.69) is 15.5 Å². The van der Waals surface area contributed by atoms with Crippen molar-refractivity contribution in [1.29, 1.82) is 0 Å². The zero-order valence-electron chi connectivity index (χ0n) is 18.1. The lowest BCUT2D eigenvalue weighted by Crippen LogP contribution is -2.28. The van der Waals surface area contributed by atoms with Crippen LogP contribution in [-0.2, 0) is 21.4 Å². The van der Waals surface area contributed by atoms with Gasteiger partial charge in [0.25, 0.3) is 0 Å². The van der Waals surface area contributed by atoms with Crippen molar-refractivity contribution in [3.05, 3.63) is 52.8 Å². The summed E-state index contributed by atoms with van der Waals surface area (Å²) in [6.45, 7) is 3.20. The SMILES string of the molecule is Cc1ccc(-c2n[nH]c(=S)n2CCC(=O)Nc2cc(S(=O)(=O)N3CCCC3)ccc2O)cc1. The molecule has 1 aliphatic heterocycles. The number of nitrogens with one attached hydrogen (secondary N) is 2. The summed E-state index contributed by atoms with van der Waals surface area (Å²) in [5.41, 5.74) is 2.04. The topological polar surface area (TPSA) is 120 Å². The Morgan fingerprint density at radius 1 is 1.18 bits per heavy atom. The van der Waals surface area contributed by atoms with Crippen LogP contribution in [0.5, 0.6) is 5.75 Å². The highest BCUT2D eigenvalue weighted by Gasteiger charge is 2.28. The molecule has 1 amide bonds. The first kappa shape index (κ1) is 23.1. The van der Waals surface area contributed by atoms with E-state index in [1.807, 2.05) is 31.2 Å². The van der Waals surface area contributed by atoms with Crippen molar-refractivity contribution in [2.24, 2.45) is 0 Å². The summed E-state index contributed by atoms with van der Waals surface area (Å²) in [7, 11) is -3.67. The molecule has 9 nitrogen and oxygen atoms in total. The summed E-state index contributed by atoms with van der Waals surface area (Å²) < 4.78 is 29.1. The minimum atomic E-state index is -3.67. The summed E-state index contributed by atoms with van der Waals surface area (Å²) in [6.07, 6.45) is 1.69. The van der Waals surface area contributed by atoms with Gasteiger partial charge in [0, 0.05) is 31.6 Å². The van der Waals surface area contributed by atoms with Gasteiger partial charge < -0.3 is 10.4 Å². The summed E-state index contributed by atoms with van der Waals surface area (Å²) in [5.74, 6) is 0.0253. The number of rotatable bonds is 7. The van der Waals surface area contributed by atoms with Crippen LogP contribution in [0.3, 0.4) is 0 Å². The Morgan fingerprint density at radius 2 is 1.88 bits per heavy atom. The number of carbonyl (C=O) groups is 1. The monoisotopic (exact) mass is 487 g/mol. The number of aromatic nitrogens is 3. The van der Waals surface area contributed by atoms with Crippen LogP contribution in [0.1, 0.15) is 24.8 Å². The summed E-state index contributed by atoms with van der Waals surface area (Å²) in [5, 5.41) is 19.8. The Morgan fingerprint density at radius 3 is 2.58 bits per heavy atom. The molecule has 2 aromatic carbocycles. The highest BCUT2D eigenvalue weighted by atomic mass is 32.2. The van der Waals surface area contributed by atoms with Gasteiger partial charge in [-0.05, 0) is 50.2 Å². The molecule has 2 heterocycles. The van der Waals surface area contributed by atoms with Crippen molar-refractivity contribution >= 4 is 33.8 Å². The smallest absolute Gasteiger partial charge is 0.243 e. The van der Waals surface area contributed by atoms with Crippen LogP contribution in [0.25, 0.3) is 11.4 Å². The Bertz CT molecular complexity index is 1320. The van der Waals surface area contributed by atoms with Crippen molar-refractivity contribution in [3.8, 4) is 17.1 Å². The van der Waals surface area contributed by atoms with Gasteiger partial charge in [0.05, 0.1) is 10.6 Å². The van der Waals surface area contributed by atoms with Crippen LogP contribution >= 0.6 is 12.2 Å². The fraction of sp³-hybridized carbons (Fsp3) is 0.318. The van der Waals surface area contributed by atoms with E-state index in [1.165, 1.54) is 22.5 Å². The third-order valence-corrected chi connectivity index (χ3v) is 7.78. The largest absolute Gasteiger partial charge is 0.506 e. The standard InChI is InChI=1S/C22H25N5O4S2/c1-15-4-6-16(7-5-15)21-24-25-22(32)27(21)13-10-20(29)23-18-14-17(8-9-19(18)28)33(30,31)26-11-2-3-12-26/h4-9,14,28H,2-3,10-13H2,1H3,(H,23,29)(H,25,32). The number of hydrogen-bond acceptors (Lipinski definition) is 6. The predicted octanol–water partition coefficient (Wildman–Crippen LogP) is 3.44. The number of sulfonamides is 1. The second-order valence-corrected chi connectivity index (χ2v) is 10.3. The van der Waals surface area contributed by atoms with E-state index in [4.69, 9.17) is 12.2 Å². The molecular weight excluding hydrogens is 462 g/mol. The lowest BCUT2D eigenvalue weighted by molar-refractivity contribution is -0.116. The molecule has 33 heavy (non-hydrogen) atoms. The van der Waals surface area contributed by atoms with Gasteiger partial charge in [0.1, 0.15) is 5.75 Å². The molecule has 3 N–H and O–H groups in total. The minimum Gasteiger partial charge on any atom is -0.506 e. The summed E-state index contributed by atoms with van der Waals surface area (Å²) in [4.78, 5) is 12.7. The van der Waals surface area contributed by atoms with Crippen LogP contribution < -0.4 is 5.32 Å². The third kappa shape index (κ3) is 5.00. The first-order valence-corrected chi connectivity index (χ1v) is 12.5. The molecule has 0 saturated carbocycles. The number of hydrogen-bond donors (Lipinski definition) is 3. The van der Waals surface area contributed by atoms with Gasteiger partial charge in [-0.3, -0.25) is 14.5 Å². The number of carbonyl (C=O) groups excluding carboxylic acids is 1. The van der Waals surface area contributed by atoms with E-state index in [9.17, 15) is 18.3 Å². The second-order valence-electron chi connectivity index (χ2n) is 7.96. The van der Waals surface area contributed by atoms with Crippen molar-refractivity contribution in [2.45, 2.75) is 37.6 Å². The van der Waals surface area contributed by atoms with E-state index >= 15 is 0 Å². The van der Waals surface area contributed by atoms with Gasteiger partial charge in [0.2, 0.25) is 15.9 Å². The first-order valence-electron chi connectivity index (χ1n) is 10.6. The van der Waals surface area contributed by atoms with Crippen LogP contribution in [0.15, 0.2) is 47.4 Å². The second kappa shape index (κ2) is 9.46. The van der Waals surface area contributed by atoms with Crippen LogP contribution in [0, 0.1) is 11.7 Å². The van der Waals surface area contributed by atoms with E-state index < -0.39 is 10.0 Å². The number of aromatic amines is 1. The molecule has 11 heteroatoms. The van der Waals surface area contributed by atoms with Crippen molar-refractivity contribution in [1.82, 2.24) is 19.1 Å². The normalized spacial score (nSPS) is 14.5. The lowest BCUT2D eigenvalue weighted by Gasteiger charge is -2.17. The van der Waals surface area contributed by atoms with Crippen molar-refractivity contribution in [2.75, 3.05) is 18.4 Å². The summed E-state index contributed by atoms with van der Waals surface area (Å²) in [6, 6.07) is 11.7. The molecular formula is C22H25N5O4S2. The van der Waals surface area contributed by atoms with E-state index in [0.29, 0.717) is 23.7 Å². The van der Waals surface area contributed by atoms with E-state index in [-0.39, 0.29) is 35.2 Å². The number of nitrogens with zero attached hydrogens (tertiary/aromatic N) is 3. The zero-order chi connectivity index (χ0) is 23.6. The maximum Gasteiger partial charge on any atom is 0.243 e. The zero-order valence-corrected chi connectivity index (χ0v) is 19.7. The van der Waals surface area contributed by atoms with Gasteiger partial charge in [-0.1, -0.05) is 29.8 Å². The molecule has 0 unspecified atom stereocenters. The average Bonchev–Trinajstić information content (AvgIpc) is 3.45. The predicted molar refractivity (Wildman–Crippen MR) is 127 cm³/mol. The molecule has 0 radical (unpaired) electrons. The molecule has 1 saturated heterocycles. The van der Waals surface area contributed by atoms with Crippen LogP contribution in [-0.4, -0.2) is 51.6 Å². The Kier molecular flexibility index (Phi) is 6.63. The number of aromatic hydroxyl groups is 1. The number of anilines is 1. The van der Waals surface area contributed by atoms with E-state index in [1.54, 1.807) is 4.57 Å². The Balaban J connectivity index is 1.48. The Labute approximate surface area is 197 Å². The number of amides is 1. The van der Waals surface area contributed by atoms with E-state index in [0.717, 1.165) is 24.0 Å². The number of phenols is 1. The van der Waals surface area contributed by atoms with Gasteiger partial charge in [-0.2, -0.15) is 9.40 Å². The number of aryl methyl sites for hydroxylation is 1. The van der Waals surface area contributed by atoms with Crippen LogP contribution in [0.2, 0.25) is 0 Å². The molecule has 174 valence electrons. The Hall–Kier alpha value is -3.02. The molecule has 0 atom stereocenters. The highest BCUT2D eigenvalue weighted by molar-refractivity contribution is 7.89. The molecule has 0 bridgehead atoms. The molecule has 0 spiro atoms. The molecule has 1 fully saturated rings. The van der Waals surface area contributed by atoms with Gasteiger partial charge >= 0.3 is 0 Å². The molecule has 1 aliphatic rings. The van der Waals surface area contributed by atoms with Gasteiger partial charge in [-0.15, -0.1) is 0 Å². The van der Waals surface area contributed by atoms with Gasteiger partial charge in [-0.25, -0.2) is 8.42 Å². The molecule has 3 aromatic rings.